The van der Waals surface area contributed by atoms with Crippen molar-refractivity contribution in [2.45, 2.75) is 13.8 Å². The van der Waals surface area contributed by atoms with Crippen molar-refractivity contribution in [2.24, 2.45) is 7.05 Å². The number of carbonyl (C=O) groups excluding carboxylic acids is 1. The van der Waals surface area contributed by atoms with Gasteiger partial charge < -0.3 is 14.0 Å². The topological polar surface area (TPSA) is 40.5 Å². The van der Waals surface area contributed by atoms with Crippen LogP contribution in [0.5, 0.6) is 11.5 Å². The van der Waals surface area contributed by atoms with E-state index in [1.165, 1.54) is 0 Å². The molecule has 0 fully saturated rings. The molecule has 106 valence electrons. The predicted molar refractivity (Wildman–Crippen MR) is 77.7 cm³/mol. The van der Waals surface area contributed by atoms with Gasteiger partial charge in [0.05, 0.1) is 7.11 Å². The molecule has 2 rings (SSSR count). The van der Waals surface area contributed by atoms with E-state index in [1.807, 2.05) is 43.7 Å². The first-order valence-electron chi connectivity index (χ1n) is 6.46. The van der Waals surface area contributed by atoms with Crippen molar-refractivity contribution < 1.29 is 14.3 Å². The fourth-order valence-corrected chi connectivity index (χ4v) is 2.10. The van der Waals surface area contributed by atoms with E-state index in [0.717, 1.165) is 11.4 Å². The van der Waals surface area contributed by atoms with Gasteiger partial charge in [0.2, 0.25) is 5.78 Å². The second-order valence-corrected chi connectivity index (χ2v) is 4.71. The van der Waals surface area contributed by atoms with Crippen LogP contribution in [0.15, 0.2) is 30.3 Å². The van der Waals surface area contributed by atoms with Crippen LogP contribution in [0.3, 0.4) is 0 Å². The van der Waals surface area contributed by atoms with Gasteiger partial charge in [-0.05, 0) is 32.0 Å². The normalized spacial score (nSPS) is 10.4. The van der Waals surface area contributed by atoms with E-state index in [1.54, 1.807) is 19.2 Å². The van der Waals surface area contributed by atoms with Crippen molar-refractivity contribution in [3.05, 3.63) is 47.3 Å². The number of Topliss-reactive ketones (excluding diaryl/α,β-unsaturated/α-hetero) is 1. The molecule has 1 aromatic heterocycles. The Morgan fingerprint density at radius 3 is 2.40 bits per heavy atom. The van der Waals surface area contributed by atoms with Gasteiger partial charge in [0, 0.05) is 24.0 Å². The number of benzene rings is 1. The van der Waals surface area contributed by atoms with E-state index < -0.39 is 0 Å². The Labute approximate surface area is 118 Å². The lowest BCUT2D eigenvalue weighted by molar-refractivity contribution is 0.0919. The molecule has 0 atom stereocenters. The highest BCUT2D eigenvalue weighted by Gasteiger charge is 2.15. The number of nitrogens with zero attached hydrogens (tertiary/aromatic N) is 1. The van der Waals surface area contributed by atoms with Crippen LogP contribution in [-0.4, -0.2) is 24.1 Å². The lowest BCUT2D eigenvalue weighted by Crippen LogP contribution is -2.13. The lowest BCUT2D eigenvalue weighted by Gasteiger charge is -2.09. The van der Waals surface area contributed by atoms with Crippen LogP contribution in [0, 0.1) is 13.8 Å². The number of methoxy groups -OCH3 is 1. The van der Waals surface area contributed by atoms with Crippen LogP contribution < -0.4 is 9.47 Å². The van der Waals surface area contributed by atoms with Crippen molar-refractivity contribution in [1.29, 1.82) is 0 Å². The van der Waals surface area contributed by atoms with Crippen LogP contribution in [-0.2, 0) is 7.05 Å². The first kappa shape index (κ1) is 14.2. The van der Waals surface area contributed by atoms with E-state index in [-0.39, 0.29) is 12.4 Å². The highest BCUT2D eigenvalue weighted by molar-refractivity contribution is 5.98. The van der Waals surface area contributed by atoms with Gasteiger partial charge in [-0.3, -0.25) is 4.79 Å². The van der Waals surface area contributed by atoms with Crippen LogP contribution in [0.25, 0.3) is 0 Å². The van der Waals surface area contributed by atoms with E-state index in [4.69, 9.17) is 9.47 Å². The third-order valence-electron chi connectivity index (χ3n) is 3.50. The summed E-state index contributed by atoms with van der Waals surface area (Å²) in [5.74, 6) is 1.17. The smallest absolute Gasteiger partial charge is 0.202 e. The van der Waals surface area contributed by atoms with Gasteiger partial charge in [0.25, 0.3) is 0 Å². The first-order valence-corrected chi connectivity index (χ1v) is 6.46. The Balaban J connectivity index is 2.11. The molecule has 0 spiro atoms. The zero-order valence-electron chi connectivity index (χ0n) is 12.3. The molecule has 0 N–H and O–H groups in total. The third-order valence-corrected chi connectivity index (χ3v) is 3.50. The molecule has 0 saturated carbocycles. The molecule has 20 heavy (non-hydrogen) atoms. The Morgan fingerprint density at radius 1 is 1.20 bits per heavy atom. The third kappa shape index (κ3) is 2.69. The van der Waals surface area contributed by atoms with Gasteiger partial charge >= 0.3 is 0 Å². The number of aryl methyl sites for hydroxylation is 1. The van der Waals surface area contributed by atoms with Gasteiger partial charge in [-0.15, -0.1) is 0 Å². The average molecular weight is 273 g/mol. The molecule has 4 heteroatoms. The predicted octanol–water partition coefficient (Wildman–Crippen LogP) is 2.91. The van der Waals surface area contributed by atoms with Gasteiger partial charge in [-0.1, -0.05) is 12.1 Å². The highest BCUT2D eigenvalue weighted by atomic mass is 16.5. The Kier molecular flexibility index (Phi) is 4.13. The zero-order valence-corrected chi connectivity index (χ0v) is 12.3. The van der Waals surface area contributed by atoms with Gasteiger partial charge in [0.15, 0.2) is 18.1 Å². The maximum atomic E-state index is 12.2. The number of rotatable bonds is 5. The average Bonchev–Trinajstić information content (AvgIpc) is 2.72. The standard InChI is InChI=1S/C16H19NO3/c1-11-9-13(12(2)17(11)3)14(18)10-20-16-8-6-5-7-15(16)19-4/h5-9H,10H2,1-4H3. The van der Waals surface area contributed by atoms with Crippen molar-refractivity contribution in [3.63, 3.8) is 0 Å². The molecule has 4 nitrogen and oxygen atoms in total. The SMILES string of the molecule is COc1ccccc1OCC(=O)c1cc(C)n(C)c1C. The van der Waals surface area contributed by atoms with E-state index in [9.17, 15) is 4.79 Å². The Hall–Kier alpha value is -2.23. The minimum absolute atomic E-state index is 0.00463. The molecule has 1 aromatic carbocycles. The zero-order chi connectivity index (χ0) is 14.7. The Bertz CT molecular complexity index is 629. The maximum Gasteiger partial charge on any atom is 0.202 e. The molecule has 0 aliphatic heterocycles. The molecule has 0 aliphatic rings. The summed E-state index contributed by atoms with van der Waals surface area (Å²) in [4.78, 5) is 12.2. The molecule has 2 aromatic rings. The number of aromatic nitrogens is 1. The molecular weight excluding hydrogens is 254 g/mol. The summed E-state index contributed by atoms with van der Waals surface area (Å²) in [6, 6.07) is 9.19. The van der Waals surface area contributed by atoms with Gasteiger partial charge in [0.1, 0.15) is 0 Å². The molecule has 0 radical (unpaired) electrons. The minimum Gasteiger partial charge on any atom is -0.493 e. The van der Waals surface area contributed by atoms with E-state index in [0.29, 0.717) is 17.1 Å². The lowest BCUT2D eigenvalue weighted by atomic mass is 10.1. The molecule has 0 unspecified atom stereocenters. The minimum atomic E-state index is -0.0305. The number of para-hydroxylation sites is 2. The van der Waals surface area contributed by atoms with Gasteiger partial charge in [-0.2, -0.15) is 0 Å². The molecule has 0 amide bonds. The molecular formula is C16H19NO3. The van der Waals surface area contributed by atoms with E-state index in [2.05, 4.69) is 0 Å². The summed E-state index contributed by atoms with van der Waals surface area (Å²) >= 11 is 0. The van der Waals surface area contributed by atoms with E-state index >= 15 is 0 Å². The molecule has 0 bridgehead atoms. The highest BCUT2D eigenvalue weighted by Crippen LogP contribution is 2.26. The second-order valence-electron chi connectivity index (χ2n) is 4.71. The first-order chi connectivity index (χ1) is 9.54. The summed E-state index contributed by atoms with van der Waals surface area (Å²) in [7, 11) is 3.53. The number of hydrogen-bond acceptors (Lipinski definition) is 3. The van der Waals surface area contributed by atoms with Crippen LogP contribution >= 0.6 is 0 Å². The quantitative estimate of drug-likeness (QED) is 0.786. The summed E-state index contributed by atoms with van der Waals surface area (Å²) in [6.45, 7) is 3.92. The number of ether oxygens (including phenoxy) is 2. The van der Waals surface area contributed by atoms with Crippen molar-refractivity contribution in [1.82, 2.24) is 4.57 Å². The monoisotopic (exact) mass is 273 g/mol. The van der Waals surface area contributed by atoms with Crippen molar-refractivity contribution in [2.75, 3.05) is 13.7 Å². The number of hydrogen-bond donors (Lipinski definition) is 0. The summed E-state index contributed by atoms with van der Waals surface area (Å²) in [5.41, 5.74) is 2.72. The number of ketones is 1. The van der Waals surface area contributed by atoms with Crippen LogP contribution in [0.4, 0.5) is 0 Å². The molecule has 1 heterocycles. The second kappa shape index (κ2) is 5.82. The Morgan fingerprint density at radius 2 is 1.85 bits per heavy atom. The summed E-state index contributed by atoms with van der Waals surface area (Å²) < 4.78 is 12.8. The number of carbonyl (C=O) groups is 1. The fraction of sp³-hybridized carbons (Fsp3) is 0.312. The summed E-state index contributed by atoms with van der Waals surface area (Å²) in [6.07, 6.45) is 0. The van der Waals surface area contributed by atoms with Gasteiger partial charge in [-0.25, -0.2) is 0 Å². The summed E-state index contributed by atoms with van der Waals surface area (Å²) in [5, 5.41) is 0. The molecule has 0 saturated heterocycles. The molecule has 0 aliphatic carbocycles. The van der Waals surface area contributed by atoms with Crippen molar-refractivity contribution >= 4 is 5.78 Å². The van der Waals surface area contributed by atoms with Crippen LogP contribution in [0.1, 0.15) is 21.7 Å². The van der Waals surface area contributed by atoms with Crippen LogP contribution in [0.2, 0.25) is 0 Å². The largest absolute Gasteiger partial charge is 0.493 e. The van der Waals surface area contributed by atoms with Crippen molar-refractivity contribution in [3.8, 4) is 11.5 Å². The maximum absolute atomic E-state index is 12.2. The fourth-order valence-electron chi connectivity index (χ4n) is 2.10.